The minimum absolute atomic E-state index is 0.0864. The molecule has 0 amide bonds. The quantitative estimate of drug-likeness (QED) is 0.181. The fourth-order valence-corrected chi connectivity index (χ4v) is 9.27. The highest BCUT2D eigenvalue weighted by Crippen LogP contribution is 2.50. The molecule has 12 rings (SSSR count). The van der Waals surface area contributed by atoms with Gasteiger partial charge in [0.05, 0.1) is 23.1 Å². The lowest BCUT2D eigenvalue weighted by molar-refractivity contribution is 0.467. The Kier molecular flexibility index (Phi) is 8.89. The van der Waals surface area contributed by atoms with Gasteiger partial charge in [0, 0.05) is 34.2 Å². The zero-order chi connectivity index (χ0) is 41.7. The lowest BCUT2D eigenvalue weighted by Gasteiger charge is -2.32. The van der Waals surface area contributed by atoms with Gasteiger partial charge in [-0.1, -0.05) is 140 Å². The first-order valence-electron chi connectivity index (χ1n) is 21.5. The third-order valence-corrected chi connectivity index (χ3v) is 12.4. The van der Waals surface area contributed by atoms with Gasteiger partial charge in [0.2, 0.25) is 0 Å². The Morgan fingerprint density at radius 2 is 0.984 bits per heavy atom. The summed E-state index contributed by atoms with van der Waals surface area (Å²) in [5.74, 6) is 3.51. The van der Waals surface area contributed by atoms with Crippen LogP contribution in [-0.4, -0.2) is 6.04 Å². The Morgan fingerprint density at radius 1 is 0.444 bits per heavy atom. The summed E-state index contributed by atoms with van der Waals surface area (Å²) in [7, 11) is 0. The Hall–Kier alpha value is -8.28. The number of nitrogens with one attached hydrogen (secondary N) is 1. The number of hydrogen-bond donors (Lipinski definition) is 1. The maximum atomic E-state index is 6.48. The average Bonchev–Trinajstić information content (AvgIpc) is 3.34. The molecule has 2 unspecified atom stereocenters. The van der Waals surface area contributed by atoms with Gasteiger partial charge >= 0.3 is 0 Å². The molecule has 0 saturated heterocycles. The van der Waals surface area contributed by atoms with Gasteiger partial charge in [-0.3, -0.25) is 0 Å². The maximum Gasteiger partial charge on any atom is 0.151 e. The molecule has 0 saturated carbocycles. The van der Waals surface area contributed by atoms with E-state index in [2.05, 4.69) is 197 Å². The Labute approximate surface area is 367 Å². The van der Waals surface area contributed by atoms with E-state index in [0.717, 1.165) is 79.5 Å². The van der Waals surface area contributed by atoms with Gasteiger partial charge < -0.3 is 24.6 Å². The van der Waals surface area contributed by atoms with E-state index in [1.54, 1.807) is 0 Å². The van der Waals surface area contributed by atoms with Gasteiger partial charge in [-0.15, -0.1) is 0 Å². The van der Waals surface area contributed by atoms with Crippen LogP contribution in [0.2, 0.25) is 0 Å². The molecule has 0 fully saturated rings. The second kappa shape index (κ2) is 15.3. The lowest BCUT2D eigenvalue weighted by Crippen LogP contribution is -2.28. The van der Waals surface area contributed by atoms with Crippen LogP contribution in [0, 0.1) is 0 Å². The van der Waals surface area contributed by atoms with Crippen LogP contribution in [0.5, 0.6) is 23.0 Å². The number of para-hydroxylation sites is 7. The molecule has 1 N–H and O–H groups in total. The molecule has 63 heavy (non-hydrogen) atoms. The van der Waals surface area contributed by atoms with Crippen molar-refractivity contribution >= 4 is 56.2 Å². The van der Waals surface area contributed by atoms with Crippen LogP contribution in [0.15, 0.2) is 231 Å². The number of benzene rings is 9. The lowest BCUT2D eigenvalue weighted by atomic mass is 9.83. The molecular formula is C58H41N3O2. The van der Waals surface area contributed by atoms with Crippen molar-refractivity contribution in [3.63, 3.8) is 0 Å². The van der Waals surface area contributed by atoms with E-state index in [9.17, 15) is 0 Å². The van der Waals surface area contributed by atoms with Crippen molar-refractivity contribution < 1.29 is 9.47 Å². The first kappa shape index (κ1) is 36.6. The highest BCUT2D eigenvalue weighted by molar-refractivity contribution is 5.91. The van der Waals surface area contributed by atoms with Crippen molar-refractivity contribution in [1.29, 1.82) is 0 Å². The van der Waals surface area contributed by atoms with E-state index in [0.29, 0.717) is 0 Å². The number of rotatable bonds is 6. The van der Waals surface area contributed by atoms with Crippen LogP contribution < -0.4 is 24.6 Å². The smallest absolute Gasteiger partial charge is 0.151 e. The molecule has 0 radical (unpaired) electrons. The molecule has 9 aromatic rings. The van der Waals surface area contributed by atoms with Crippen molar-refractivity contribution in [2.24, 2.45) is 0 Å². The first-order valence-corrected chi connectivity index (χ1v) is 21.5. The van der Waals surface area contributed by atoms with E-state index in [4.69, 9.17) is 9.47 Å². The van der Waals surface area contributed by atoms with E-state index in [1.165, 1.54) is 21.9 Å². The van der Waals surface area contributed by atoms with Gasteiger partial charge in [-0.05, 0) is 124 Å². The van der Waals surface area contributed by atoms with Crippen molar-refractivity contribution in [2.75, 3.05) is 15.1 Å². The predicted octanol–water partition coefficient (Wildman–Crippen LogP) is 15.9. The molecule has 0 spiro atoms. The Morgan fingerprint density at radius 3 is 1.70 bits per heavy atom. The standard InChI is InChI=1S/C58H41N3O2/c1-2-12-43-37-48(35-27-39(43)11-1)60(45-29-21-40(22-30-45)41-23-33-47(34-24-41)61-53-15-5-9-19-57(53)63-58-20-10-6-16-54(58)61)46-31-25-42(26-32-46)44-28-36-51-50(38-44)49-13-3-7-17-55(49)62-56-18-8-4-14-52(56)59-51/h1-38,50-51,59H. The topological polar surface area (TPSA) is 37.0 Å². The van der Waals surface area contributed by atoms with Crippen LogP contribution in [0.25, 0.3) is 27.5 Å². The monoisotopic (exact) mass is 811 g/mol. The van der Waals surface area contributed by atoms with Crippen LogP contribution in [0.1, 0.15) is 17.0 Å². The zero-order valence-electron chi connectivity index (χ0n) is 34.3. The van der Waals surface area contributed by atoms with Crippen LogP contribution in [0.3, 0.4) is 0 Å². The highest BCUT2D eigenvalue weighted by atomic mass is 16.5. The van der Waals surface area contributed by atoms with E-state index in [1.807, 2.05) is 48.5 Å². The Bertz CT molecular complexity index is 3180. The number of anilines is 7. The molecule has 2 atom stereocenters. The molecule has 9 aromatic carbocycles. The predicted molar refractivity (Wildman–Crippen MR) is 259 cm³/mol. The fourth-order valence-electron chi connectivity index (χ4n) is 9.27. The van der Waals surface area contributed by atoms with Crippen molar-refractivity contribution in [1.82, 2.24) is 0 Å². The molecule has 3 aliphatic rings. The fraction of sp³-hybridized carbons (Fsp3) is 0.0345. The number of ether oxygens (including phenoxy) is 2. The van der Waals surface area contributed by atoms with Gasteiger partial charge in [-0.25, -0.2) is 0 Å². The SMILES string of the molecule is C1=CC2Nc3ccccc3Oc3ccccc3C2C=C1c1ccc(N(c2ccc(-c3ccc(N4c5ccccc5Oc5ccccc54)cc3)cc2)c2ccc3ccccc3c2)cc1. The number of allylic oxidation sites excluding steroid dienone is 2. The van der Waals surface area contributed by atoms with Crippen LogP contribution in [-0.2, 0) is 0 Å². The number of hydrogen-bond acceptors (Lipinski definition) is 5. The molecule has 1 aliphatic carbocycles. The first-order chi connectivity index (χ1) is 31.2. The largest absolute Gasteiger partial charge is 0.455 e. The summed E-state index contributed by atoms with van der Waals surface area (Å²) >= 11 is 0. The minimum atomic E-state index is 0.0864. The average molecular weight is 812 g/mol. The molecule has 5 heteroatoms. The van der Waals surface area contributed by atoms with Gasteiger partial charge in [0.15, 0.2) is 17.2 Å². The molecular weight excluding hydrogens is 771 g/mol. The summed E-state index contributed by atoms with van der Waals surface area (Å²) < 4.78 is 12.7. The van der Waals surface area contributed by atoms with Crippen LogP contribution in [0.4, 0.5) is 39.8 Å². The second-order valence-corrected chi connectivity index (χ2v) is 16.2. The molecule has 2 heterocycles. The third kappa shape index (κ3) is 6.68. The van der Waals surface area contributed by atoms with Crippen molar-refractivity contribution in [3.8, 4) is 34.1 Å². The van der Waals surface area contributed by atoms with Crippen molar-refractivity contribution in [2.45, 2.75) is 12.0 Å². The molecule has 0 aromatic heterocycles. The van der Waals surface area contributed by atoms with Gasteiger partial charge in [0.25, 0.3) is 0 Å². The summed E-state index contributed by atoms with van der Waals surface area (Å²) in [4.78, 5) is 4.62. The maximum absolute atomic E-state index is 6.48. The summed E-state index contributed by atoms with van der Waals surface area (Å²) in [5, 5.41) is 6.17. The molecule has 0 bridgehead atoms. The van der Waals surface area contributed by atoms with E-state index < -0.39 is 0 Å². The molecule has 2 aliphatic heterocycles. The van der Waals surface area contributed by atoms with Crippen molar-refractivity contribution in [3.05, 3.63) is 242 Å². The molecule has 5 nitrogen and oxygen atoms in total. The minimum Gasteiger partial charge on any atom is -0.455 e. The summed E-state index contributed by atoms with van der Waals surface area (Å²) in [6, 6.07) is 75.0. The number of nitrogens with zero attached hydrogens (tertiary/aromatic N) is 2. The Balaban J connectivity index is 0.862. The van der Waals surface area contributed by atoms with Crippen LogP contribution >= 0.6 is 0 Å². The number of fused-ring (bicyclic) bond motifs is 7. The third-order valence-electron chi connectivity index (χ3n) is 12.4. The van der Waals surface area contributed by atoms with Gasteiger partial charge in [0.1, 0.15) is 5.75 Å². The highest BCUT2D eigenvalue weighted by Gasteiger charge is 2.29. The second-order valence-electron chi connectivity index (χ2n) is 16.2. The summed E-state index contributed by atoms with van der Waals surface area (Å²) in [5.41, 5.74) is 13.2. The zero-order valence-corrected chi connectivity index (χ0v) is 34.3. The van der Waals surface area contributed by atoms with E-state index in [-0.39, 0.29) is 12.0 Å². The van der Waals surface area contributed by atoms with E-state index >= 15 is 0 Å². The molecule has 300 valence electrons. The summed E-state index contributed by atoms with van der Waals surface area (Å²) in [6.07, 6.45) is 6.93. The normalized spacial score (nSPS) is 15.7. The summed E-state index contributed by atoms with van der Waals surface area (Å²) in [6.45, 7) is 0. The van der Waals surface area contributed by atoms with Gasteiger partial charge in [-0.2, -0.15) is 0 Å².